The van der Waals surface area contributed by atoms with Crippen molar-refractivity contribution in [3.05, 3.63) is 57.8 Å². The number of rotatable bonds is 6. The Kier molecular flexibility index (Phi) is 7.55. The fraction of sp³-hybridized carbons (Fsp3) is 0.286. The van der Waals surface area contributed by atoms with Crippen LogP contribution in [-0.2, 0) is 0 Å². The monoisotopic (exact) mass is 414 g/mol. The van der Waals surface area contributed by atoms with E-state index in [0.717, 1.165) is 33.6 Å². The van der Waals surface area contributed by atoms with E-state index in [9.17, 15) is 0 Å². The number of aromatic nitrogens is 1. The molecule has 4 nitrogen and oxygen atoms in total. The highest BCUT2D eigenvalue weighted by Gasteiger charge is 2.06. The van der Waals surface area contributed by atoms with E-state index in [1.807, 2.05) is 56.6 Å². The molecule has 0 atom stereocenters. The van der Waals surface area contributed by atoms with Crippen LogP contribution in [0.25, 0.3) is 6.08 Å². The van der Waals surface area contributed by atoms with Crippen molar-refractivity contribution in [3.63, 3.8) is 0 Å². The minimum absolute atomic E-state index is 0.269. The van der Waals surface area contributed by atoms with Gasteiger partial charge in [-0.3, -0.25) is 0 Å². The molecular formula is C21H23BrN2O2. The van der Waals surface area contributed by atoms with Gasteiger partial charge in [-0.1, -0.05) is 11.8 Å². The summed E-state index contributed by atoms with van der Waals surface area (Å²) < 4.78 is 11.6. The van der Waals surface area contributed by atoms with Crippen LogP contribution in [0.5, 0.6) is 11.6 Å². The second-order valence-electron chi connectivity index (χ2n) is 5.66. The van der Waals surface area contributed by atoms with Crippen LogP contribution in [-0.4, -0.2) is 37.2 Å². The number of methoxy groups -OCH3 is 1. The van der Waals surface area contributed by atoms with Crippen LogP contribution in [0.2, 0.25) is 0 Å². The Morgan fingerprint density at radius 1 is 1.27 bits per heavy atom. The summed E-state index contributed by atoms with van der Waals surface area (Å²) in [6.45, 7) is 5.30. The van der Waals surface area contributed by atoms with Crippen molar-refractivity contribution in [1.82, 2.24) is 9.88 Å². The standard InChI is InChI=1S/C21H23BrN2O2/c1-5-24(3)13-12-18-15-20(22)21(23-16(18)2)26-14-6-7-17-8-10-19(25-4)11-9-17/h8-13,15H,5,14H2,1-4H3/b13-12+. The summed E-state index contributed by atoms with van der Waals surface area (Å²) in [7, 11) is 3.68. The normalized spacial score (nSPS) is 10.3. The first kappa shape index (κ1) is 19.9. The number of pyridine rings is 1. The highest BCUT2D eigenvalue weighted by atomic mass is 79.9. The number of halogens is 1. The molecule has 0 N–H and O–H groups in total. The summed E-state index contributed by atoms with van der Waals surface area (Å²) in [5, 5.41) is 0. The third-order valence-corrected chi connectivity index (χ3v) is 4.35. The molecule has 2 aromatic rings. The van der Waals surface area contributed by atoms with Crippen molar-refractivity contribution in [2.24, 2.45) is 0 Å². The lowest BCUT2D eigenvalue weighted by atomic mass is 10.2. The number of ether oxygens (including phenoxy) is 2. The maximum Gasteiger partial charge on any atom is 0.229 e. The Morgan fingerprint density at radius 2 is 2.00 bits per heavy atom. The van der Waals surface area contributed by atoms with Crippen molar-refractivity contribution in [2.45, 2.75) is 13.8 Å². The molecule has 0 bridgehead atoms. The molecule has 0 saturated carbocycles. The van der Waals surface area contributed by atoms with Crippen LogP contribution in [0.1, 0.15) is 23.7 Å². The summed E-state index contributed by atoms with van der Waals surface area (Å²) in [6.07, 6.45) is 4.08. The van der Waals surface area contributed by atoms with Crippen LogP contribution < -0.4 is 9.47 Å². The molecule has 0 unspecified atom stereocenters. The second kappa shape index (κ2) is 9.88. The van der Waals surface area contributed by atoms with Crippen molar-refractivity contribution in [2.75, 3.05) is 27.3 Å². The molecule has 0 fully saturated rings. The molecule has 0 amide bonds. The van der Waals surface area contributed by atoms with E-state index in [2.05, 4.69) is 44.6 Å². The van der Waals surface area contributed by atoms with Crippen molar-refractivity contribution in [3.8, 4) is 23.5 Å². The van der Waals surface area contributed by atoms with Crippen LogP contribution >= 0.6 is 15.9 Å². The van der Waals surface area contributed by atoms with E-state index in [1.165, 1.54) is 0 Å². The van der Waals surface area contributed by atoms with E-state index in [4.69, 9.17) is 9.47 Å². The zero-order valence-electron chi connectivity index (χ0n) is 15.5. The highest BCUT2D eigenvalue weighted by Crippen LogP contribution is 2.26. The van der Waals surface area contributed by atoms with Crippen molar-refractivity contribution in [1.29, 1.82) is 0 Å². The quantitative estimate of drug-likeness (QED) is 0.651. The molecule has 2 rings (SSSR count). The zero-order chi connectivity index (χ0) is 18.9. The maximum absolute atomic E-state index is 5.70. The molecule has 1 aromatic heterocycles. The van der Waals surface area contributed by atoms with Crippen molar-refractivity contribution < 1.29 is 9.47 Å². The van der Waals surface area contributed by atoms with Gasteiger partial charge in [-0.15, -0.1) is 0 Å². The fourth-order valence-corrected chi connectivity index (χ4v) is 2.52. The number of benzene rings is 1. The molecule has 0 radical (unpaired) electrons. The first-order valence-electron chi connectivity index (χ1n) is 8.34. The Morgan fingerprint density at radius 3 is 2.65 bits per heavy atom. The predicted octanol–water partition coefficient (Wildman–Crippen LogP) is 4.51. The van der Waals surface area contributed by atoms with Gasteiger partial charge in [0.25, 0.3) is 0 Å². The minimum Gasteiger partial charge on any atom is -0.497 e. The Hall–Kier alpha value is -2.45. The summed E-state index contributed by atoms with van der Waals surface area (Å²) in [4.78, 5) is 6.62. The average Bonchev–Trinajstić information content (AvgIpc) is 2.66. The van der Waals surface area contributed by atoms with Gasteiger partial charge in [-0.2, -0.15) is 0 Å². The fourth-order valence-electron chi connectivity index (χ4n) is 2.07. The molecule has 0 saturated heterocycles. The molecular weight excluding hydrogens is 392 g/mol. The highest BCUT2D eigenvalue weighted by molar-refractivity contribution is 9.10. The van der Waals surface area contributed by atoms with Gasteiger partial charge in [0, 0.05) is 24.8 Å². The lowest BCUT2D eigenvalue weighted by Crippen LogP contribution is -2.08. The molecule has 1 aromatic carbocycles. The molecule has 136 valence electrons. The SMILES string of the molecule is CCN(C)/C=C/c1cc(Br)c(OCC#Cc2ccc(OC)cc2)nc1C. The van der Waals surface area contributed by atoms with E-state index < -0.39 is 0 Å². The molecule has 26 heavy (non-hydrogen) atoms. The van der Waals surface area contributed by atoms with Crippen LogP contribution in [0, 0.1) is 18.8 Å². The summed E-state index contributed by atoms with van der Waals surface area (Å²) >= 11 is 3.52. The first-order chi connectivity index (χ1) is 12.5. The molecule has 0 spiro atoms. The molecule has 0 aliphatic heterocycles. The molecule has 0 aliphatic carbocycles. The van der Waals surface area contributed by atoms with E-state index in [0.29, 0.717) is 5.88 Å². The first-order valence-corrected chi connectivity index (χ1v) is 9.14. The van der Waals surface area contributed by atoms with Gasteiger partial charge in [0.2, 0.25) is 5.88 Å². The average molecular weight is 415 g/mol. The number of hydrogen-bond acceptors (Lipinski definition) is 4. The maximum atomic E-state index is 5.70. The van der Waals surface area contributed by atoms with E-state index >= 15 is 0 Å². The van der Waals surface area contributed by atoms with Gasteiger partial charge < -0.3 is 14.4 Å². The Labute approximate surface area is 164 Å². The number of nitrogens with zero attached hydrogens (tertiary/aromatic N) is 2. The van der Waals surface area contributed by atoms with Gasteiger partial charge >= 0.3 is 0 Å². The van der Waals surface area contributed by atoms with Gasteiger partial charge in [-0.05, 0) is 77.9 Å². The van der Waals surface area contributed by atoms with Crippen LogP contribution in [0.3, 0.4) is 0 Å². The lowest BCUT2D eigenvalue weighted by molar-refractivity contribution is 0.352. The van der Waals surface area contributed by atoms with E-state index in [1.54, 1.807) is 7.11 Å². The Balaban J connectivity index is 2.00. The topological polar surface area (TPSA) is 34.6 Å². The van der Waals surface area contributed by atoms with Gasteiger partial charge in [0.05, 0.1) is 11.6 Å². The van der Waals surface area contributed by atoms with Gasteiger partial charge in [0.1, 0.15) is 5.75 Å². The second-order valence-corrected chi connectivity index (χ2v) is 6.51. The van der Waals surface area contributed by atoms with Crippen molar-refractivity contribution >= 4 is 22.0 Å². The van der Waals surface area contributed by atoms with Gasteiger partial charge in [-0.25, -0.2) is 4.98 Å². The van der Waals surface area contributed by atoms with Crippen LogP contribution in [0.15, 0.2) is 41.0 Å². The largest absolute Gasteiger partial charge is 0.497 e. The molecule has 0 aliphatic rings. The molecule has 1 heterocycles. The Bertz CT molecular complexity index is 820. The summed E-state index contributed by atoms with van der Waals surface area (Å²) in [5.74, 6) is 7.43. The molecule has 5 heteroatoms. The smallest absolute Gasteiger partial charge is 0.229 e. The number of aryl methyl sites for hydroxylation is 1. The zero-order valence-corrected chi connectivity index (χ0v) is 17.1. The van der Waals surface area contributed by atoms with Gasteiger partial charge in [0.15, 0.2) is 6.61 Å². The summed E-state index contributed by atoms with van der Waals surface area (Å²) in [6, 6.07) is 9.61. The predicted molar refractivity (Wildman–Crippen MR) is 109 cm³/mol. The van der Waals surface area contributed by atoms with E-state index in [-0.39, 0.29) is 6.61 Å². The summed E-state index contributed by atoms with van der Waals surface area (Å²) in [5.41, 5.74) is 2.87. The number of hydrogen-bond donors (Lipinski definition) is 0. The minimum atomic E-state index is 0.269. The van der Waals surface area contributed by atoms with Crippen LogP contribution in [0.4, 0.5) is 0 Å². The lowest BCUT2D eigenvalue weighted by Gasteiger charge is -2.11. The third kappa shape index (κ3) is 5.82. The third-order valence-electron chi connectivity index (χ3n) is 3.78.